The number of likely N-dealkylation sites (N-methyl/N-ethyl adjacent to an activating group) is 1. The van der Waals surface area contributed by atoms with E-state index in [2.05, 4.69) is 30.5 Å². The lowest BCUT2D eigenvalue weighted by Crippen LogP contribution is -2.36. The van der Waals surface area contributed by atoms with Crippen LogP contribution < -0.4 is 26.0 Å². The molecule has 0 bridgehead atoms. The van der Waals surface area contributed by atoms with E-state index in [1.807, 2.05) is 55.6 Å². The van der Waals surface area contributed by atoms with Crippen LogP contribution >= 0.6 is 0 Å². The van der Waals surface area contributed by atoms with E-state index in [0.717, 1.165) is 37.7 Å². The van der Waals surface area contributed by atoms with Gasteiger partial charge in [0.05, 0.1) is 39.1 Å². The van der Waals surface area contributed by atoms with Crippen molar-refractivity contribution < 1.29 is 14.3 Å². The van der Waals surface area contributed by atoms with Gasteiger partial charge >= 0.3 is 0 Å². The Hall–Kier alpha value is -3.96. The number of morpholine rings is 1. The Morgan fingerprint density at radius 2 is 1.86 bits per heavy atom. The quantitative estimate of drug-likeness (QED) is 0.420. The van der Waals surface area contributed by atoms with E-state index in [9.17, 15) is 4.79 Å². The Morgan fingerprint density at radius 1 is 1.11 bits per heavy atom. The van der Waals surface area contributed by atoms with Crippen LogP contribution in [-0.4, -0.2) is 72.8 Å². The van der Waals surface area contributed by atoms with E-state index >= 15 is 0 Å². The number of nitrogens with two attached hydrogens (primary N) is 1. The molecule has 35 heavy (non-hydrogen) atoms. The molecule has 4 N–H and O–H groups in total. The van der Waals surface area contributed by atoms with Gasteiger partial charge in [0.25, 0.3) is 0 Å². The third-order valence-electron chi connectivity index (χ3n) is 5.40. The van der Waals surface area contributed by atoms with Crippen LogP contribution in [0.3, 0.4) is 0 Å². The summed E-state index contributed by atoms with van der Waals surface area (Å²) in [5.41, 5.74) is 8.46. The van der Waals surface area contributed by atoms with Crippen LogP contribution in [0.5, 0.6) is 5.75 Å². The summed E-state index contributed by atoms with van der Waals surface area (Å²) in [7, 11) is 3.40. The maximum absolute atomic E-state index is 12.6. The maximum Gasteiger partial charge on any atom is 0.238 e. The predicted octanol–water partition coefficient (Wildman–Crippen LogP) is 2.11. The molecule has 4 rings (SSSR count). The molecule has 0 atom stereocenters. The second-order valence-electron chi connectivity index (χ2n) is 8.13. The zero-order valence-corrected chi connectivity index (χ0v) is 19.9. The summed E-state index contributed by atoms with van der Waals surface area (Å²) in [6.45, 7) is 3.68. The molecule has 0 spiro atoms. The number of hydrogen-bond donors (Lipinski definition) is 3. The number of nitrogens with one attached hydrogen (secondary N) is 2. The highest BCUT2D eigenvalue weighted by atomic mass is 16.5. The van der Waals surface area contributed by atoms with Crippen molar-refractivity contribution in [2.24, 2.45) is 0 Å². The van der Waals surface area contributed by atoms with E-state index in [4.69, 9.17) is 15.2 Å². The van der Waals surface area contributed by atoms with Crippen LogP contribution in [0.25, 0.3) is 0 Å². The fourth-order valence-corrected chi connectivity index (χ4v) is 3.75. The van der Waals surface area contributed by atoms with Crippen LogP contribution in [0, 0.1) is 0 Å². The summed E-state index contributed by atoms with van der Waals surface area (Å²) < 4.78 is 10.7. The summed E-state index contributed by atoms with van der Waals surface area (Å²) in [6, 6.07) is 15.3. The molecule has 1 aliphatic heterocycles. The summed E-state index contributed by atoms with van der Waals surface area (Å²) in [6.07, 6.45) is 0. The molecule has 2 aromatic carbocycles. The van der Waals surface area contributed by atoms with Crippen molar-refractivity contribution >= 4 is 34.9 Å². The molecule has 1 fully saturated rings. The van der Waals surface area contributed by atoms with Gasteiger partial charge in [0.1, 0.15) is 11.6 Å². The monoisotopic (exact) mass is 478 g/mol. The minimum atomic E-state index is -0.138. The van der Waals surface area contributed by atoms with Gasteiger partial charge in [-0.3, -0.25) is 9.69 Å². The molecule has 1 aromatic heterocycles. The summed E-state index contributed by atoms with van der Waals surface area (Å²) in [5.74, 6) is 1.35. The molecule has 1 saturated heterocycles. The lowest BCUT2D eigenvalue weighted by Gasteiger charge is -2.28. The van der Waals surface area contributed by atoms with Crippen molar-refractivity contribution in [1.29, 1.82) is 0 Å². The molecule has 1 amide bonds. The molecule has 11 nitrogen and oxygen atoms in total. The molecule has 1 aliphatic rings. The Labute approximate surface area is 204 Å². The molecule has 0 unspecified atom stereocenters. The third kappa shape index (κ3) is 6.78. The second-order valence-corrected chi connectivity index (χ2v) is 8.13. The van der Waals surface area contributed by atoms with Gasteiger partial charge in [-0.05, 0) is 43.4 Å². The fourth-order valence-electron chi connectivity index (χ4n) is 3.75. The van der Waals surface area contributed by atoms with Gasteiger partial charge in [-0.25, -0.2) is 0 Å². The topological polar surface area (TPSA) is 131 Å². The van der Waals surface area contributed by atoms with Gasteiger partial charge in [0, 0.05) is 24.5 Å². The van der Waals surface area contributed by atoms with Crippen molar-refractivity contribution in [1.82, 2.24) is 19.9 Å². The second kappa shape index (κ2) is 11.4. The van der Waals surface area contributed by atoms with E-state index in [0.29, 0.717) is 29.8 Å². The van der Waals surface area contributed by atoms with Gasteiger partial charge in [-0.2, -0.15) is 15.0 Å². The first-order chi connectivity index (χ1) is 17.0. The highest BCUT2D eigenvalue weighted by Gasteiger charge is 2.14. The highest BCUT2D eigenvalue weighted by Crippen LogP contribution is 2.25. The highest BCUT2D eigenvalue weighted by molar-refractivity contribution is 5.92. The van der Waals surface area contributed by atoms with Crippen LogP contribution in [0.1, 0.15) is 5.82 Å². The Balaban J connectivity index is 1.32. The summed E-state index contributed by atoms with van der Waals surface area (Å²) >= 11 is 0. The number of carbonyl (C=O) groups excluding carboxylic acids is 1. The third-order valence-corrected chi connectivity index (χ3v) is 5.40. The molecule has 3 aromatic rings. The number of nitrogens with zero attached hydrogens (tertiary/aromatic N) is 5. The zero-order chi connectivity index (χ0) is 24.6. The molecule has 0 saturated carbocycles. The average Bonchev–Trinajstić information content (AvgIpc) is 2.85. The molecule has 184 valence electrons. The number of aromatic nitrogens is 3. The number of anilines is 5. The molecule has 0 radical (unpaired) electrons. The fraction of sp³-hybridized carbons (Fsp3) is 0.333. The van der Waals surface area contributed by atoms with Crippen molar-refractivity contribution in [2.45, 2.75) is 6.54 Å². The van der Waals surface area contributed by atoms with E-state index in [1.165, 1.54) is 0 Å². The first kappa shape index (κ1) is 24.2. The van der Waals surface area contributed by atoms with Crippen LogP contribution in [-0.2, 0) is 16.1 Å². The number of ether oxygens (including phenoxy) is 2. The minimum absolute atomic E-state index is 0.0885. The largest absolute Gasteiger partial charge is 0.495 e. The Kier molecular flexibility index (Phi) is 7.91. The van der Waals surface area contributed by atoms with Crippen LogP contribution in [0.4, 0.5) is 29.0 Å². The average molecular weight is 479 g/mol. The van der Waals surface area contributed by atoms with Gasteiger partial charge in [0.15, 0.2) is 0 Å². The van der Waals surface area contributed by atoms with Crippen LogP contribution in [0.15, 0.2) is 48.5 Å². The minimum Gasteiger partial charge on any atom is -0.495 e. The first-order valence-corrected chi connectivity index (χ1v) is 11.3. The number of carbonyl (C=O) groups is 1. The van der Waals surface area contributed by atoms with Crippen LogP contribution in [0.2, 0.25) is 0 Å². The van der Waals surface area contributed by atoms with Gasteiger partial charge in [-0.15, -0.1) is 0 Å². The molecular weight excluding hydrogens is 448 g/mol. The van der Waals surface area contributed by atoms with Crippen molar-refractivity contribution in [3.63, 3.8) is 0 Å². The van der Waals surface area contributed by atoms with Crippen molar-refractivity contribution in [2.75, 3.05) is 68.3 Å². The number of nitrogen functional groups attached to an aromatic ring is 1. The van der Waals surface area contributed by atoms with Crippen molar-refractivity contribution in [3.05, 3.63) is 54.4 Å². The number of amides is 1. The maximum atomic E-state index is 12.6. The molecule has 2 heterocycles. The number of hydrogen-bond acceptors (Lipinski definition) is 10. The number of para-hydroxylation sites is 2. The molecule has 0 aliphatic carbocycles. The van der Waals surface area contributed by atoms with Crippen molar-refractivity contribution in [3.8, 4) is 5.75 Å². The van der Waals surface area contributed by atoms with E-state index < -0.39 is 0 Å². The predicted molar refractivity (Wildman–Crippen MR) is 135 cm³/mol. The number of methoxy groups -OCH3 is 1. The lowest BCUT2D eigenvalue weighted by atomic mass is 10.2. The van der Waals surface area contributed by atoms with E-state index in [1.54, 1.807) is 12.0 Å². The van der Waals surface area contributed by atoms with Gasteiger partial charge in [-0.1, -0.05) is 12.1 Å². The number of benzene rings is 2. The van der Waals surface area contributed by atoms with E-state index in [-0.39, 0.29) is 18.4 Å². The Bertz CT molecular complexity index is 1140. The smallest absolute Gasteiger partial charge is 0.238 e. The zero-order valence-electron chi connectivity index (χ0n) is 19.9. The first-order valence-electron chi connectivity index (χ1n) is 11.3. The lowest BCUT2D eigenvalue weighted by molar-refractivity contribution is -0.117. The molecule has 11 heteroatoms. The molecular formula is C24H30N8O3. The summed E-state index contributed by atoms with van der Waals surface area (Å²) in [4.78, 5) is 29.4. The summed E-state index contributed by atoms with van der Waals surface area (Å²) in [5, 5.41) is 6.03. The standard InChI is InChI=1S/C24H30N8O3/c1-31(16-22(33)26-17-7-9-18(10-8-17)32-11-13-35-14-12-32)15-21-28-23(25)30-24(29-21)27-19-5-3-4-6-20(19)34-2/h3-10H,11-16H2,1-2H3,(H,26,33)(H3,25,27,28,29,30). The van der Waals surface area contributed by atoms with Gasteiger partial charge in [0.2, 0.25) is 17.8 Å². The van der Waals surface area contributed by atoms with Gasteiger partial charge < -0.3 is 30.7 Å². The Morgan fingerprint density at radius 3 is 2.60 bits per heavy atom. The normalized spacial score (nSPS) is 13.5. The number of rotatable bonds is 9. The SMILES string of the molecule is COc1ccccc1Nc1nc(N)nc(CN(C)CC(=O)Nc2ccc(N3CCOCC3)cc2)n1.